The van der Waals surface area contributed by atoms with E-state index in [0.29, 0.717) is 11.2 Å². The summed E-state index contributed by atoms with van der Waals surface area (Å²) in [5.41, 5.74) is 0. The van der Waals surface area contributed by atoms with Crippen molar-refractivity contribution < 1.29 is 4.79 Å². The van der Waals surface area contributed by atoms with E-state index in [0.717, 1.165) is 6.42 Å². The summed E-state index contributed by atoms with van der Waals surface area (Å²) in [6.45, 7) is 2.03. The molecule has 0 spiro atoms. The number of halogens is 2. The fourth-order valence-electron chi connectivity index (χ4n) is 0.446. The summed E-state index contributed by atoms with van der Waals surface area (Å²) in [4.78, 5) is 10.9. The number of rotatable bonds is 4. The first kappa shape index (κ1) is 9.44. The highest BCUT2D eigenvalue weighted by molar-refractivity contribution is 9.09. The molecule has 0 aromatic rings. The molecule has 0 aliphatic rings. The minimum Gasteiger partial charge on any atom is -0.298 e. The summed E-state index contributed by atoms with van der Waals surface area (Å²) in [6, 6.07) is 0. The second-order valence-electron chi connectivity index (χ2n) is 1.88. The normalized spacial score (nSPS) is 13.2. The highest BCUT2D eigenvalue weighted by Gasteiger charge is 2.06. The zero-order valence-corrected chi connectivity index (χ0v) is 7.70. The zero-order chi connectivity index (χ0) is 7.28. The summed E-state index contributed by atoms with van der Waals surface area (Å²) in [5, 5.41) is 0. The van der Waals surface area contributed by atoms with Gasteiger partial charge in [-0.05, 0) is 6.42 Å². The molecular weight excluding hydrogens is 203 g/mol. The summed E-state index contributed by atoms with van der Waals surface area (Å²) in [7, 11) is 0. The molecule has 0 amide bonds. The van der Waals surface area contributed by atoms with Gasteiger partial charge in [0.2, 0.25) is 0 Å². The van der Waals surface area contributed by atoms with E-state index in [2.05, 4.69) is 15.9 Å². The van der Waals surface area contributed by atoms with Gasteiger partial charge >= 0.3 is 0 Å². The fourth-order valence-corrected chi connectivity index (χ4v) is 0.916. The molecule has 0 saturated carbocycles. The van der Waals surface area contributed by atoms with Crippen molar-refractivity contribution in [1.29, 1.82) is 0 Å². The third-order valence-electron chi connectivity index (χ3n) is 1.04. The van der Waals surface area contributed by atoms with Gasteiger partial charge < -0.3 is 0 Å². The smallest absolute Gasteiger partial charge is 0.148 e. The fraction of sp³-hybridized carbons (Fsp3) is 0.833. The molecule has 0 bridgehead atoms. The Morgan fingerprint density at radius 2 is 2.33 bits per heavy atom. The molecule has 0 radical (unpaired) electrons. The van der Waals surface area contributed by atoms with Crippen molar-refractivity contribution in [2.45, 2.75) is 24.6 Å². The van der Waals surface area contributed by atoms with Crippen LogP contribution in [0.3, 0.4) is 0 Å². The second-order valence-corrected chi connectivity index (χ2v) is 3.44. The Balaban J connectivity index is 3.34. The van der Waals surface area contributed by atoms with Gasteiger partial charge in [0.25, 0.3) is 0 Å². The Morgan fingerprint density at radius 1 is 1.78 bits per heavy atom. The van der Waals surface area contributed by atoms with Crippen molar-refractivity contribution in [3.05, 3.63) is 0 Å². The number of carbonyl (C=O) groups is 1. The molecule has 0 rings (SSSR count). The molecule has 9 heavy (non-hydrogen) atoms. The van der Waals surface area contributed by atoms with Crippen molar-refractivity contribution in [2.75, 3.05) is 5.88 Å². The molecule has 0 aliphatic carbocycles. The van der Waals surface area contributed by atoms with Crippen LogP contribution < -0.4 is 0 Å². The highest BCUT2D eigenvalue weighted by Crippen LogP contribution is 2.09. The summed E-state index contributed by atoms with van der Waals surface area (Å²) in [6.07, 6.45) is 1.53. The lowest BCUT2D eigenvalue weighted by molar-refractivity contribution is -0.116. The van der Waals surface area contributed by atoms with Crippen LogP contribution in [0.5, 0.6) is 0 Å². The largest absolute Gasteiger partial charge is 0.298 e. The molecule has 0 heterocycles. The van der Waals surface area contributed by atoms with E-state index in [1.807, 2.05) is 6.92 Å². The average molecular weight is 214 g/mol. The van der Waals surface area contributed by atoms with Crippen molar-refractivity contribution in [3.8, 4) is 0 Å². The zero-order valence-electron chi connectivity index (χ0n) is 5.36. The first-order valence-electron chi connectivity index (χ1n) is 2.92. The average Bonchev–Trinajstić information content (AvgIpc) is 1.87. The highest BCUT2D eigenvalue weighted by atomic mass is 79.9. The predicted molar refractivity (Wildman–Crippen MR) is 43.4 cm³/mol. The maximum atomic E-state index is 10.6. The monoisotopic (exact) mass is 212 g/mol. The van der Waals surface area contributed by atoms with E-state index >= 15 is 0 Å². The van der Waals surface area contributed by atoms with E-state index in [-0.39, 0.29) is 11.7 Å². The standard InChI is InChI=1S/C6H10BrClO/c1-2-5(7)3-6(9)4-8/h5H,2-4H2,1H3. The molecular formula is C6H10BrClO. The molecule has 1 atom stereocenters. The van der Waals surface area contributed by atoms with E-state index in [1.165, 1.54) is 0 Å². The molecule has 54 valence electrons. The summed E-state index contributed by atoms with van der Waals surface area (Å²) >= 11 is 8.62. The Labute approximate surface area is 68.9 Å². The number of carbonyl (C=O) groups excluding carboxylic acids is 1. The third kappa shape index (κ3) is 4.91. The lowest BCUT2D eigenvalue weighted by Crippen LogP contribution is -2.07. The van der Waals surface area contributed by atoms with Crippen LogP contribution >= 0.6 is 27.5 Å². The van der Waals surface area contributed by atoms with Crippen LogP contribution in [0.4, 0.5) is 0 Å². The van der Waals surface area contributed by atoms with Gasteiger partial charge in [-0.15, -0.1) is 11.6 Å². The predicted octanol–water partition coefficient (Wildman–Crippen LogP) is 2.36. The van der Waals surface area contributed by atoms with Crippen LogP contribution in [0.2, 0.25) is 0 Å². The minimum atomic E-state index is 0.111. The first-order valence-corrected chi connectivity index (χ1v) is 4.37. The maximum absolute atomic E-state index is 10.6. The van der Waals surface area contributed by atoms with Crippen LogP contribution in [-0.4, -0.2) is 16.5 Å². The summed E-state index contributed by atoms with van der Waals surface area (Å²) in [5.74, 6) is 0.252. The molecule has 1 nitrogen and oxygen atoms in total. The van der Waals surface area contributed by atoms with Crippen LogP contribution in [0, 0.1) is 0 Å². The van der Waals surface area contributed by atoms with Crippen molar-refractivity contribution in [3.63, 3.8) is 0 Å². The number of hydrogen-bond donors (Lipinski definition) is 0. The lowest BCUT2D eigenvalue weighted by atomic mass is 10.2. The second kappa shape index (κ2) is 5.24. The van der Waals surface area contributed by atoms with Gasteiger partial charge in [0.05, 0.1) is 5.88 Å². The van der Waals surface area contributed by atoms with Crippen LogP contribution in [0.25, 0.3) is 0 Å². The molecule has 0 N–H and O–H groups in total. The van der Waals surface area contributed by atoms with Gasteiger partial charge in [0, 0.05) is 11.2 Å². The van der Waals surface area contributed by atoms with Gasteiger partial charge in [-0.25, -0.2) is 0 Å². The Bertz CT molecular complexity index is 95.1. The van der Waals surface area contributed by atoms with Crippen molar-refractivity contribution >= 4 is 33.3 Å². The van der Waals surface area contributed by atoms with Crippen LogP contribution in [-0.2, 0) is 4.79 Å². The van der Waals surface area contributed by atoms with Gasteiger partial charge in [0.15, 0.2) is 0 Å². The van der Waals surface area contributed by atoms with Gasteiger partial charge in [-0.3, -0.25) is 4.79 Å². The molecule has 0 saturated heterocycles. The van der Waals surface area contributed by atoms with Crippen LogP contribution in [0.1, 0.15) is 19.8 Å². The molecule has 0 aromatic heterocycles. The van der Waals surface area contributed by atoms with Crippen molar-refractivity contribution in [2.24, 2.45) is 0 Å². The van der Waals surface area contributed by atoms with Gasteiger partial charge in [-0.1, -0.05) is 22.9 Å². The quantitative estimate of drug-likeness (QED) is 0.655. The molecule has 0 aliphatic heterocycles. The van der Waals surface area contributed by atoms with E-state index in [1.54, 1.807) is 0 Å². The van der Waals surface area contributed by atoms with E-state index < -0.39 is 0 Å². The van der Waals surface area contributed by atoms with E-state index in [9.17, 15) is 4.79 Å². The number of hydrogen-bond acceptors (Lipinski definition) is 1. The minimum absolute atomic E-state index is 0.111. The van der Waals surface area contributed by atoms with Gasteiger partial charge in [0.1, 0.15) is 5.78 Å². The SMILES string of the molecule is CCC(Br)CC(=O)CCl. The molecule has 0 fully saturated rings. The topological polar surface area (TPSA) is 17.1 Å². The van der Waals surface area contributed by atoms with Crippen molar-refractivity contribution in [1.82, 2.24) is 0 Å². The molecule has 3 heteroatoms. The van der Waals surface area contributed by atoms with E-state index in [4.69, 9.17) is 11.6 Å². The Kier molecular flexibility index (Phi) is 5.50. The Hall–Kier alpha value is 0.440. The first-order chi connectivity index (χ1) is 4.20. The molecule has 0 aromatic carbocycles. The summed E-state index contributed by atoms with van der Waals surface area (Å²) < 4.78 is 0. The number of Topliss-reactive ketones (excluding diaryl/α,β-unsaturated/α-hetero) is 1. The van der Waals surface area contributed by atoms with Crippen LogP contribution in [0.15, 0.2) is 0 Å². The molecule has 1 unspecified atom stereocenters. The maximum Gasteiger partial charge on any atom is 0.148 e. The Morgan fingerprint density at radius 3 is 2.67 bits per heavy atom. The number of ketones is 1. The number of alkyl halides is 2. The lowest BCUT2D eigenvalue weighted by Gasteiger charge is -2.01. The third-order valence-corrected chi connectivity index (χ3v) is 2.31. The van der Waals surface area contributed by atoms with Gasteiger partial charge in [-0.2, -0.15) is 0 Å².